The molecule has 1 aliphatic carbocycles. The molecular formula is C15H17Cl2NO2. The average Bonchev–Trinajstić information content (AvgIpc) is 2.96. The summed E-state index contributed by atoms with van der Waals surface area (Å²) in [5, 5.41) is 0. The van der Waals surface area contributed by atoms with Crippen molar-refractivity contribution in [3.05, 3.63) is 23.8 Å². The molecular weight excluding hydrogens is 297 g/mol. The molecule has 1 atom stereocenters. The van der Waals surface area contributed by atoms with Gasteiger partial charge in [0, 0.05) is 6.54 Å². The Morgan fingerprint density at radius 1 is 1.40 bits per heavy atom. The molecule has 20 heavy (non-hydrogen) atoms. The van der Waals surface area contributed by atoms with Crippen molar-refractivity contribution in [3.8, 4) is 5.75 Å². The summed E-state index contributed by atoms with van der Waals surface area (Å²) in [6, 6.07) is 5.88. The van der Waals surface area contributed by atoms with Gasteiger partial charge in [0.2, 0.25) is 5.91 Å². The summed E-state index contributed by atoms with van der Waals surface area (Å²) < 4.78 is 4.48. The molecule has 1 aliphatic heterocycles. The number of nitrogens with zero attached hydrogens (tertiary/aromatic N) is 1. The molecule has 0 unspecified atom stereocenters. The van der Waals surface area contributed by atoms with Gasteiger partial charge in [-0.15, -0.1) is 23.2 Å². The van der Waals surface area contributed by atoms with Crippen molar-refractivity contribution in [3.63, 3.8) is 0 Å². The number of aryl methyl sites for hydroxylation is 1. The van der Waals surface area contributed by atoms with Crippen molar-refractivity contribution in [1.82, 2.24) is 0 Å². The Morgan fingerprint density at radius 3 is 2.70 bits per heavy atom. The molecule has 0 radical (unpaired) electrons. The molecule has 0 spiro atoms. The normalized spacial score (nSPS) is 26.9. The first-order valence-corrected chi connectivity index (χ1v) is 7.52. The van der Waals surface area contributed by atoms with Crippen LogP contribution in [0.15, 0.2) is 18.2 Å². The summed E-state index contributed by atoms with van der Waals surface area (Å²) in [4.78, 5) is 14.6. The van der Waals surface area contributed by atoms with Crippen LogP contribution in [-0.4, -0.2) is 23.9 Å². The monoisotopic (exact) mass is 313 g/mol. The minimum Gasteiger partial charge on any atom is -0.495 e. The second-order valence-electron chi connectivity index (χ2n) is 5.74. The van der Waals surface area contributed by atoms with E-state index in [9.17, 15) is 4.79 Å². The number of benzene rings is 1. The van der Waals surface area contributed by atoms with Crippen molar-refractivity contribution in [1.29, 1.82) is 0 Å². The first kappa shape index (κ1) is 14.0. The predicted octanol–water partition coefficient (Wildman–Crippen LogP) is 3.56. The van der Waals surface area contributed by atoms with Gasteiger partial charge in [0.05, 0.1) is 18.2 Å². The number of methoxy groups -OCH3 is 1. The Balaban J connectivity index is 2.01. The van der Waals surface area contributed by atoms with Gasteiger partial charge in [-0.25, -0.2) is 0 Å². The van der Waals surface area contributed by atoms with Crippen molar-refractivity contribution < 1.29 is 9.53 Å². The molecule has 1 amide bonds. The largest absolute Gasteiger partial charge is 0.495 e. The first-order valence-electron chi connectivity index (χ1n) is 6.76. The molecule has 0 bridgehead atoms. The predicted molar refractivity (Wildman–Crippen MR) is 80.8 cm³/mol. The van der Waals surface area contributed by atoms with Gasteiger partial charge in [-0.2, -0.15) is 0 Å². The summed E-state index contributed by atoms with van der Waals surface area (Å²) >= 11 is 12.3. The molecule has 0 aromatic heterocycles. The molecule has 1 aromatic rings. The number of anilines is 1. The molecule has 0 saturated heterocycles. The van der Waals surface area contributed by atoms with Gasteiger partial charge in [-0.05, 0) is 37.8 Å². The van der Waals surface area contributed by atoms with Crippen LogP contribution in [0.2, 0.25) is 0 Å². The average molecular weight is 314 g/mol. The number of carbonyl (C=O) groups is 1. The summed E-state index contributed by atoms with van der Waals surface area (Å²) in [7, 11) is 1.62. The zero-order valence-electron chi connectivity index (χ0n) is 11.6. The van der Waals surface area contributed by atoms with Crippen LogP contribution in [0.1, 0.15) is 25.3 Å². The smallest absolute Gasteiger partial charge is 0.236 e. The lowest BCUT2D eigenvalue weighted by molar-refractivity contribution is -0.123. The lowest BCUT2D eigenvalue weighted by Crippen LogP contribution is -2.41. The molecule has 1 saturated carbocycles. The Labute approximate surface area is 128 Å². The number of hydrogen-bond acceptors (Lipinski definition) is 2. The van der Waals surface area contributed by atoms with Gasteiger partial charge < -0.3 is 9.64 Å². The molecule has 5 heteroatoms. The molecule has 1 heterocycles. The summed E-state index contributed by atoms with van der Waals surface area (Å²) in [5.74, 6) is 0.725. The number of carbonyl (C=O) groups excluding carboxylic acids is 1. The van der Waals surface area contributed by atoms with Crippen LogP contribution in [0.4, 0.5) is 5.69 Å². The lowest BCUT2D eigenvalue weighted by Gasteiger charge is -2.33. The van der Waals surface area contributed by atoms with Crippen LogP contribution in [-0.2, 0) is 11.2 Å². The van der Waals surface area contributed by atoms with Crippen molar-refractivity contribution in [2.75, 3.05) is 18.6 Å². The second-order valence-corrected chi connectivity index (χ2v) is 7.23. The highest BCUT2D eigenvalue weighted by atomic mass is 35.5. The fourth-order valence-electron chi connectivity index (χ4n) is 2.91. The number of fused-ring (bicyclic) bond motifs is 1. The third kappa shape index (κ3) is 1.91. The van der Waals surface area contributed by atoms with E-state index in [1.54, 1.807) is 12.0 Å². The van der Waals surface area contributed by atoms with Gasteiger partial charge in [-0.3, -0.25) is 4.79 Å². The number of rotatable bonds is 2. The third-order valence-electron chi connectivity index (χ3n) is 4.38. The number of hydrogen-bond donors (Lipinski definition) is 0. The van der Waals surface area contributed by atoms with E-state index in [-0.39, 0.29) is 5.91 Å². The maximum absolute atomic E-state index is 12.8. The lowest BCUT2D eigenvalue weighted by atomic mass is 9.98. The minimum absolute atomic E-state index is 0.00653. The highest BCUT2D eigenvalue weighted by Crippen LogP contribution is 2.65. The molecule has 3 nitrogen and oxygen atoms in total. The minimum atomic E-state index is -0.941. The van der Waals surface area contributed by atoms with Crippen molar-refractivity contribution in [2.45, 2.75) is 30.5 Å². The van der Waals surface area contributed by atoms with Gasteiger partial charge in [0.1, 0.15) is 10.1 Å². The SMILES string of the molecule is COc1cccc2c1N(C(=O)[C@]1(C)CC1(Cl)Cl)CCC2. The van der Waals surface area contributed by atoms with Crippen LogP contribution in [0.5, 0.6) is 5.75 Å². The van der Waals surface area contributed by atoms with Crippen molar-refractivity contribution >= 4 is 34.8 Å². The molecule has 3 rings (SSSR count). The number of para-hydroxylation sites is 1. The zero-order chi connectivity index (χ0) is 14.5. The van der Waals surface area contributed by atoms with Crippen LogP contribution < -0.4 is 9.64 Å². The molecule has 1 aromatic carbocycles. The number of amides is 1. The van der Waals surface area contributed by atoms with E-state index in [2.05, 4.69) is 0 Å². The van der Waals surface area contributed by atoms with Gasteiger partial charge in [-0.1, -0.05) is 12.1 Å². The fraction of sp³-hybridized carbons (Fsp3) is 0.533. The Kier molecular flexibility index (Phi) is 3.18. The zero-order valence-corrected chi connectivity index (χ0v) is 13.1. The van der Waals surface area contributed by atoms with Crippen LogP contribution >= 0.6 is 23.2 Å². The first-order chi connectivity index (χ1) is 9.40. The Morgan fingerprint density at radius 2 is 2.10 bits per heavy atom. The van der Waals surface area contributed by atoms with E-state index >= 15 is 0 Å². The second kappa shape index (κ2) is 4.54. The third-order valence-corrected chi connectivity index (χ3v) is 5.48. The molecule has 1 fully saturated rings. The number of halogens is 2. The maximum Gasteiger partial charge on any atom is 0.236 e. The van der Waals surface area contributed by atoms with Gasteiger partial charge in [0.25, 0.3) is 0 Å². The van der Waals surface area contributed by atoms with Crippen LogP contribution in [0, 0.1) is 5.41 Å². The van der Waals surface area contributed by atoms with E-state index in [0.717, 1.165) is 29.8 Å². The van der Waals surface area contributed by atoms with E-state index in [4.69, 9.17) is 27.9 Å². The Hall–Kier alpha value is -0.930. The van der Waals surface area contributed by atoms with E-state index in [1.807, 2.05) is 25.1 Å². The molecule has 108 valence electrons. The summed E-state index contributed by atoms with van der Waals surface area (Å²) in [6.45, 7) is 2.52. The van der Waals surface area contributed by atoms with E-state index < -0.39 is 9.75 Å². The highest BCUT2D eigenvalue weighted by molar-refractivity contribution is 6.53. The van der Waals surface area contributed by atoms with E-state index in [1.165, 1.54) is 0 Å². The topological polar surface area (TPSA) is 29.5 Å². The molecule has 2 aliphatic rings. The Bertz CT molecular complexity index is 559. The van der Waals surface area contributed by atoms with Crippen LogP contribution in [0.3, 0.4) is 0 Å². The van der Waals surface area contributed by atoms with Crippen molar-refractivity contribution in [2.24, 2.45) is 5.41 Å². The van der Waals surface area contributed by atoms with Crippen LogP contribution in [0.25, 0.3) is 0 Å². The van der Waals surface area contributed by atoms with Gasteiger partial charge in [0.15, 0.2) is 0 Å². The highest BCUT2D eigenvalue weighted by Gasteiger charge is 2.69. The molecule has 0 N–H and O–H groups in total. The summed E-state index contributed by atoms with van der Waals surface area (Å²) in [5.41, 5.74) is 1.33. The number of ether oxygens (including phenoxy) is 1. The standard InChI is InChI=1S/C15H17Cl2NO2/c1-14(9-15(14,16)17)13(19)18-8-4-6-10-5-3-7-11(20-2)12(10)18/h3,5,7H,4,6,8-9H2,1-2H3/t14-/m0/s1. The number of alkyl halides is 2. The fourth-order valence-corrected chi connectivity index (χ4v) is 3.61. The van der Waals surface area contributed by atoms with Gasteiger partial charge >= 0.3 is 0 Å². The maximum atomic E-state index is 12.8. The quantitative estimate of drug-likeness (QED) is 0.781. The van der Waals surface area contributed by atoms with E-state index in [0.29, 0.717) is 13.0 Å². The summed E-state index contributed by atoms with van der Waals surface area (Å²) in [6.07, 6.45) is 2.41.